The lowest BCUT2D eigenvalue weighted by Crippen LogP contribution is -2.30. The van der Waals surface area contributed by atoms with Crippen molar-refractivity contribution in [1.29, 1.82) is 0 Å². The van der Waals surface area contributed by atoms with Crippen molar-refractivity contribution in [3.05, 3.63) is 58.7 Å². The smallest absolute Gasteiger partial charge is 0.170 e. The quantitative estimate of drug-likeness (QED) is 0.569. The van der Waals surface area contributed by atoms with Gasteiger partial charge in [-0.05, 0) is 73.6 Å². The summed E-state index contributed by atoms with van der Waals surface area (Å²) in [4.78, 5) is 3.42. The normalized spacial score (nSPS) is 10.7. The molecular formula is C19H20ClN3OS. The topological polar surface area (TPSA) is 49.1 Å². The highest BCUT2D eigenvalue weighted by molar-refractivity contribution is 7.80. The third-order valence-corrected chi connectivity index (χ3v) is 4.59. The van der Waals surface area contributed by atoms with Gasteiger partial charge in [-0.3, -0.25) is 0 Å². The van der Waals surface area contributed by atoms with Crippen molar-refractivity contribution < 1.29 is 4.74 Å². The van der Waals surface area contributed by atoms with Crippen LogP contribution in [0, 0.1) is 6.92 Å². The fourth-order valence-electron chi connectivity index (χ4n) is 2.82. The molecule has 130 valence electrons. The molecule has 25 heavy (non-hydrogen) atoms. The molecule has 3 N–H and O–H groups in total. The molecule has 1 heterocycles. The van der Waals surface area contributed by atoms with Gasteiger partial charge in [-0.2, -0.15) is 0 Å². The lowest BCUT2D eigenvalue weighted by Gasteiger charge is -2.11. The van der Waals surface area contributed by atoms with Crippen LogP contribution in [-0.2, 0) is 6.42 Å². The SMILES string of the molecule is COc1ccc2[nH]c(C)c(CCNC(=S)Nc3ccc(Cl)cc3)c2c1. The van der Waals surface area contributed by atoms with Gasteiger partial charge in [0.15, 0.2) is 5.11 Å². The summed E-state index contributed by atoms with van der Waals surface area (Å²) in [6, 6.07) is 13.5. The van der Waals surface area contributed by atoms with Crippen LogP contribution in [0.1, 0.15) is 11.3 Å². The number of rotatable bonds is 5. The average molecular weight is 374 g/mol. The lowest BCUT2D eigenvalue weighted by atomic mass is 10.1. The number of hydrogen-bond donors (Lipinski definition) is 3. The molecule has 0 bridgehead atoms. The molecule has 0 radical (unpaired) electrons. The molecule has 3 aromatic rings. The van der Waals surface area contributed by atoms with Crippen LogP contribution < -0.4 is 15.4 Å². The van der Waals surface area contributed by atoms with Gasteiger partial charge in [-0.25, -0.2) is 0 Å². The van der Waals surface area contributed by atoms with Crippen LogP contribution in [0.3, 0.4) is 0 Å². The van der Waals surface area contributed by atoms with Crippen LogP contribution in [0.5, 0.6) is 5.75 Å². The van der Waals surface area contributed by atoms with Crippen LogP contribution in [0.4, 0.5) is 5.69 Å². The Bertz CT molecular complexity index is 890. The molecule has 3 rings (SSSR count). The number of ether oxygens (including phenoxy) is 1. The van der Waals surface area contributed by atoms with Gasteiger partial charge in [0.1, 0.15) is 5.75 Å². The Kier molecular flexibility index (Phi) is 5.46. The molecule has 0 fully saturated rings. The second-order valence-corrected chi connectivity index (χ2v) is 6.62. The third-order valence-electron chi connectivity index (χ3n) is 4.09. The number of thiocarbonyl (C=S) groups is 1. The van der Waals surface area contributed by atoms with Gasteiger partial charge in [0.2, 0.25) is 0 Å². The first-order valence-electron chi connectivity index (χ1n) is 8.02. The van der Waals surface area contributed by atoms with Crippen molar-refractivity contribution >= 4 is 45.5 Å². The first kappa shape index (κ1) is 17.6. The fraction of sp³-hybridized carbons (Fsp3) is 0.211. The minimum Gasteiger partial charge on any atom is -0.497 e. The molecule has 0 unspecified atom stereocenters. The van der Waals surface area contributed by atoms with Gasteiger partial charge in [0, 0.05) is 33.9 Å². The summed E-state index contributed by atoms with van der Waals surface area (Å²) in [7, 11) is 1.68. The number of H-pyrrole nitrogens is 1. The largest absolute Gasteiger partial charge is 0.497 e. The number of methoxy groups -OCH3 is 1. The molecule has 0 spiro atoms. The maximum absolute atomic E-state index is 5.88. The van der Waals surface area contributed by atoms with E-state index in [9.17, 15) is 0 Å². The van der Waals surface area contributed by atoms with Crippen molar-refractivity contribution in [2.45, 2.75) is 13.3 Å². The first-order valence-corrected chi connectivity index (χ1v) is 8.81. The fourth-order valence-corrected chi connectivity index (χ4v) is 3.17. The highest BCUT2D eigenvalue weighted by atomic mass is 35.5. The van der Waals surface area contributed by atoms with E-state index in [0.717, 1.165) is 29.9 Å². The molecule has 4 nitrogen and oxygen atoms in total. The summed E-state index contributed by atoms with van der Waals surface area (Å²) in [5.74, 6) is 0.862. The molecule has 0 aliphatic rings. The monoisotopic (exact) mass is 373 g/mol. The van der Waals surface area contributed by atoms with Gasteiger partial charge in [0.25, 0.3) is 0 Å². The predicted octanol–water partition coefficient (Wildman–Crippen LogP) is 4.67. The van der Waals surface area contributed by atoms with Crippen LogP contribution in [0.25, 0.3) is 10.9 Å². The summed E-state index contributed by atoms with van der Waals surface area (Å²) in [6.45, 7) is 2.83. The van der Waals surface area contributed by atoms with Crippen molar-refractivity contribution in [1.82, 2.24) is 10.3 Å². The van der Waals surface area contributed by atoms with E-state index in [1.54, 1.807) is 7.11 Å². The van der Waals surface area contributed by atoms with Crippen LogP contribution in [0.2, 0.25) is 5.02 Å². The standard InChI is InChI=1S/C19H20ClN3OS/c1-12-16(17-11-15(24-2)7-8-18(17)22-12)9-10-21-19(25)23-14-5-3-13(20)4-6-14/h3-8,11,22H,9-10H2,1-2H3,(H2,21,23,25). The minimum absolute atomic E-state index is 0.595. The number of fused-ring (bicyclic) bond motifs is 1. The second-order valence-electron chi connectivity index (χ2n) is 5.78. The highest BCUT2D eigenvalue weighted by Crippen LogP contribution is 2.26. The predicted molar refractivity (Wildman–Crippen MR) is 109 cm³/mol. The Morgan fingerprint density at radius 2 is 1.96 bits per heavy atom. The zero-order chi connectivity index (χ0) is 17.8. The maximum atomic E-state index is 5.88. The van der Waals surface area contributed by atoms with E-state index in [1.807, 2.05) is 36.4 Å². The van der Waals surface area contributed by atoms with Crippen LogP contribution >= 0.6 is 23.8 Å². The van der Waals surface area contributed by atoms with E-state index >= 15 is 0 Å². The molecule has 6 heteroatoms. The zero-order valence-electron chi connectivity index (χ0n) is 14.2. The molecule has 0 atom stereocenters. The van der Waals surface area contributed by atoms with Crippen molar-refractivity contribution in [2.24, 2.45) is 0 Å². The van der Waals surface area contributed by atoms with E-state index in [2.05, 4.69) is 28.6 Å². The van der Waals surface area contributed by atoms with Crippen LogP contribution in [0.15, 0.2) is 42.5 Å². The number of aryl methyl sites for hydroxylation is 1. The Morgan fingerprint density at radius 3 is 2.68 bits per heavy atom. The number of aromatic amines is 1. The molecular weight excluding hydrogens is 354 g/mol. The number of halogens is 1. The zero-order valence-corrected chi connectivity index (χ0v) is 15.7. The third kappa shape index (κ3) is 4.24. The molecule has 1 aromatic heterocycles. The van der Waals surface area contributed by atoms with Crippen molar-refractivity contribution in [3.63, 3.8) is 0 Å². The summed E-state index contributed by atoms with van der Waals surface area (Å²) in [5, 5.41) is 8.89. The molecule has 0 aliphatic heterocycles. The van der Waals surface area contributed by atoms with Gasteiger partial charge >= 0.3 is 0 Å². The molecule has 2 aromatic carbocycles. The van der Waals surface area contributed by atoms with E-state index in [1.165, 1.54) is 16.6 Å². The Labute approximate surface area is 157 Å². The first-order chi connectivity index (χ1) is 12.1. The number of anilines is 1. The number of nitrogens with one attached hydrogen (secondary N) is 3. The maximum Gasteiger partial charge on any atom is 0.170 e. The van der Waals surface area contributed by atoms with Gasteiger partial charge in [-0.15, -0.1) is 0 Å². The molecule has 0 saturated carbocycles. The van der Waals surface area contributed by atoms with E-state index in [0.29, 0.717) is 10.1 Å². The van der Waals surface area contributed by atoms with Gasteiger partial charge in [-0.1, -0.05) is 11.6 Å². The lowest BCUT2D eigenvalue weighted by molar-refractivity contribution is 0.415. The van der Waals surface area contributed by atoms with Crippen molar-refractivity contribution in [2.75, 3.05) is 19.0 Å². The summed E-state index contributed by atoms with van der Waals surface area (Å²) in [5.41, 5.74) is 4.47. The Morgan fingerprint density at radius 1 is 1.20 bits per heavy atom. The Balaban J connectivity index is 1.61. The number of benzene rings is 2. The Hall–Kier alpha value is -2.24. The molecule has 0 amide bonds. The van der Waals surface area contributed by atoms with E-state index in [4.69, 9.17) is 28.6 Å². The molecule has 0 saturated heterocycles. The summed E-state index contributed by atoms with van der Waals surface area (Å²) < 4.78 is 5.33. The second kappa shape index (κ2) is 7.76. The average Bonchev–Trinajstić information content (AvgIpc) is 2.92. The highest BCUT2D eigenvalue weighted by Gasteiger charge is 2.09. The van der Waals surface area contributed by atoms with Crippen molar-refractivity contribution in [3.8, 4) is 5.75 Å². The number of aromatic nitrogens is 1. The molecule has 0 aliphatic carbocycles. The summed E-state index contributed by atoms with van der Waals surface area (Å²) >= 11 is 11.2. The number of hydrogen-bond acceptors (Lipinski definition) is 2. The van der Waals surface area contributed by atoms with E-state index < -0.39 is 0 Å². The van der Waals surface area contributed by atoms with Gasteiger partial charge in [0.05, 0.1) is 7.11 Å². The summed E-state index contributed by atoms with van der Waals surface area (Å²) in [6.07, 6.45) is 0.863. The van der Waals surface area contributed by atoms with Gasteiger partial charge < -0.3 is 20.4 Å². The van der Waals surface area contributed by atoms with E-state index in [-0.39, 0.29) is 0 Å². The van der Waals surface area contributed by atoms with Crippen LogP contribution in [-0.4, -0.2) is 23.8 Å². The minimum atomic E-state index is 0.595.